The van der Waals surface area contributed by atoms with Gasteiger partial charge in [-0.15, -0.1) is 0 Å². The number of amides is 1. The molecule has 0 fully saturated rings. The van der Waals surface area contributed by atoms with E-state index in [0.717, 1.165) is 5.56 Å². The largest absolute Gasteiger partial charge is 0.457 e. The van der Waals surface area contributed by atoms with Gasteiger partial charge in [-0.05, 0) is 55.5 Å². The van der Waals surface area contributed by atoms with Crippen LogP contribution in [-0.4, -0.2) is 11.9 Å². The molecule has 1 amide bonds. The third kappa shape index (κ3) is 5.12. The van der Waals surface area contributed by atoms with Crippen LogP contribution in [-0.2, 0) is 11.3 Å². The maximum absolute atomic E-state index is 12.2. The van der Waals surface area contributed by atoms with Crippen LogP contribution in [0.25, 0.3) is 0 Å². The van der Waals surface area contributed by atoms with Crippen LogP contribution in [0.1, 0.15) is 31.8 Å². The van der Waals surface area contributed by atoms with Gasteiger partial charge in [-0.25, -0.2) is 4.79 Å². The second-order valence-corrected chi connectivity index (χ2v) is 7.05. The van der Waals surface area contributed by atoms with Crippen LogP contribution in [0.15, 0.2) is 66.7 Å². The molecule has 6 heteroatoms. The van der Waals surface area contributed by atoms with Crippen molar-refractivity contribution in [1.82, 2.24) is 0 Å². The lowest BCUT2D eigenvalue weighted by molar-refractivity contribution is 0.0473. The second kappa shape index (κ2) is 8.91. The molecule has 142 valence electrons. The van der Waals surface area contributed by atoms with Crippen molar-refractivity contribution in [3.8, 4) is 0 Å². The summed E-state index contributed by atoms with van der Waals surface area (Å²) in [4.78, 5) is 24.4. The van der Waals surface area contributed by atoms with Crippen LogP contribution in [0.5, 0.6) is 0 Å². The lowest BCUT2D eigenvalue weighted by Crippen LogP contribution is -2.12. The Hall–Kier alpha value is -2.82. The average molecular weight is 414 g/mol. The maximum Gasteiger partial charge on any atom is 0.338 e. The highest BCUT2D eigenvalue weighted by atomic mass is 35.5. The summed E-state index contributed by atoms with van der Waals surface area (Å²) in [5, 5.41) is 3.75. The Labute approximate surface area is 173 Å². The Kier molecular flexibility index (Phi) is 6.34. The van der Waals surface area contributed by atoms with Crippen molar-refractivity contribution in [2.45, 2.75) is 13.5 Å². The number of esters is 1. The Balaban J connectivity index is 1.59. The van der Waals surface area contributed by atoms with Crippen molar-refractivity contribution in [2.24, 2.45) is 0 Å². The summed E-state index contributed by atoms with van der Waals surface area (Å²) in [7, 11) is 0. The molecule has 3 aromatic rings. The fraction of sp³-hybridized carbons (Fsp3) is 0.0909. The highest BCUT2D eigenvalue weighted by Crippen LogP contribution is 2.22. The molecule has 3 aromatic carbocycles. The van der Waals surface area contributed by atoms with E-state index in [9.17, 15) is 9.59 Å². The highest BCUT2D eigenvalue weighted by molar-refractivity contribution is 6.35. The standard InChI is InChI=1S/C22H17Cl2NO3/c1-14-2-4-15(5-3-14)21(26)25-19-10-7-16(8-11-19)22(27)28-13-17-6-9-18(23)12-20(17)24/h2-12H,13H2,1H3,(H,25,26). The van der Waals surface area contributed by atoms with Crippen LogP contribution in [0.4, 0.5) is 5.69 Å². The lowest BCUT2D eigenvalue weighted by Gasteiger charge is -2.08. The first-order valence-electron chi connectivity index (χ1n) is 8.51. The number of benzene rings is 3. The first-order chi connectivity index (χ1) is 13.4. The van der Waals surface area contributed by atoms with Crippen LogP contribution in [0.2, 0.25) is 10.0 Å². The molecular weight excluding hydrogens is 397 g/mol. The number of hydrogen-bond acceptors (Lipinski definition) is 3. The number of nitrogens with one attached hydrogen (secondary N) is 1. The van der Waals surface area contributed by atoms with E-state index in [4.69, 9.17) is 27.9 Å². The van der Waals surface area contributed by atoms with Gasteiger partial charge in [0.25, 0.3) is 5.91 Å². The molecule has 0 radical (unpaired) electrons. The van der Waals surface area contributed by atoms with Crippen molar-refractivity contribution in [2.75, 3.05) is 5.32 Å². The molecule has 0 aromatic heterocycles. The Morgan fingerprint density at radius 2 is 1.54 bits per heavy atom. The van der Waals surface area contributed by atoms with E-state index in [1.54, 1.807) is 54.6 Å². The first-order valence-corrected chi connectivity index (χ1v) is 9.27. The summed E-state index contributed by atoms with van der Waals surface area (Å²) in [6.45, 7) is 2.00. The molecule has 0 bridgehead atoms. The van der Waals surface area contributed by atoms with E-state index in [1.165, 1.54) is 0 Å². The number of carbonyl (C=O) groups is 2. The van der Waals surface area contributed by atoms with E-state index in [0.29, 0.717) is 32.4 Å². The predicted molar refractivity (Wildman–Crippen MR) is 111 cm³/mol. The van der Waals surface area contributed by atoms with Gasteiger partial charge >= 0.3 is 5.97 Å². The second-order valence-electron chi connectivity index (χ2n) is 6.21. The van der Waals surface area contributed by atoms with Gasteiger partial charge in [-0.1, -0.05) is 47.0 Å². The van der Waals surface area contributed by atoms with Gasteiger partial charge in [0.05, 0.1) is 5.56 Å². The molecule has 28 heavy (non-hydrogen) atoms. The molecule has 0 spiro atoms. The maximum atomic E-state index is 12.2. The zero-order chi connectivity index (χ0) is 20.1. The molecule has 0 heterocycles. The zero-order valence-electron chi connectivity index (χ0n) is 15.0. The topological polar surface area (TPSA) is 55.4 Å². The normalized spacial score (nSPS) is 10.4. The minimum atomic E-state index is -0.484. The van der Waals surface area contributed by atoms with Crippen molar-refractivity contribution >= 4 is 40.8 Å². The Bertz CT molecular complexity index is 999. The lowest BCUT2D eigenvalue weighted by atomic mass is 10.1. The summed E-state index contributed by atoms with van der Waals surface area (Å²) in [6, 6.07) is 18.8. The average Bonchev–Trinajstić information content (AvgIpc) is 2.68. The number of ether oxygens (including phenoxy) is 1. The monoisotopic (exact) mass is 413 g/mol. The fourth-order valence-electron chi connectivity index (χ4n) is 2.46. The minimum absolute atomic E-state index is 0.0424. The van der Waals surface area contributed by atoms with Gasteiger partial charge in [0.15, 0.2) is 0 Å². The molecule has 4 nitrogen and oxygen atoms in total. The Morgan fingerprint density at radius 1 is 0.893 bits per heavy atom. The predicted octanol–water partition coefficient (Wildman–Crippen LogP) is 5.91. The van der Waals surface area contributed by atoms with Gasteiger partial charge in [-0.3, -0.25) is 4.79 Å². The van der Waals surface area contributed by atoms with Gasteiger partial charge in [0, 0.05) is 26.9 Å². The van der Waals surface area contributed by atoms with Crippen LogP contribution < -0.4 is 5.32 Å². The van der Waals surface area contributed by atoms with Crippen LogP contribution in [0, 0.1) is 6.92 Å². The Morgan fingerprint density at radius 3 is 2.18 bits per heavy atom. The first kappa shape index (κ1) is 19.9. The van der Waals surface area contributed by atoms with Gasteiger partial charge in [-0.2, -0.15) is 0 Å². The number of halogens is 2. The molecule has 0 aliphatic rings. The van der Waals surface area contributed by atoms with E-state index in [2.05, 4.69) is 5.32 Å². The number of rotatable bonds is 5. The van der Waals surface area contributed by atoms with Crippen molar-refractivity contribution in [3.05, 3.63) is 99.0 Å². The quantitative estimate of drug-likeness (QED) is 0.528. The zero-order valence-corrected chi connectivity index (χ0v) is 16.6. The molecular formula is C22H17Cl2NO3. The summed E-state index contributed by atoms with van der Waals surface area (Å²) >= 11 is 11.9. The number of aryl methyl sites for hydroxylation is 1. The van der Waals surface area contributed by atoms with Gasteiger partial charge in [0.2, 0.25) is 0 Å². The highest BCUT2D eigenvalue weighted by Gasteiger charge is 2.11. The van der Waals surface area contributed by atoms with Crippen LogP contribution in [0.3, 0.4) is 0 Å². The third-order valence-corrected chi connectivity index (χ3v) is 4.65. The van der Waals surface area contributed by atoms with Gasteiger partial charge < -0.3 is 10.1 Å². The summed E-state index contributed by atoms with van der Waals surface area (Å²) < 4.78 is 5.28. The number of carbonyl (C=O) groups excluding carboxylic acids is 2. The SMILES string of the molecule is Cc1ccc(C(=O)Nc2ccc(C(=O)OCc3ccc(Cl)cc3Cl)cc2)cc1. The van der Waals surface area contributed by atoms with Crippen molar-refractivity contribution in [3.63, 3.8) is 0 Å². The molecule has 0 unspecified atom stereocenters. The van der Waals surface area contributed by atoms with Crippen molar-refractivity contribution < 1.29 is 14.3 Å². The van der Waals surface area contributed by atoms with E-state index >= 15 is 0 Å². The van der Waals surface area contributed by atoms with Crippen molar-refractivity contribution in [1.29, 1.82) is 0 Å². The smallest absolute Gasteiger partial charge is 0.338 e. The van der Waals surface area contributed by atoms with E-state index in [-0.39, 0.29) is 12.5 Å². The third-order valence-electron chi connectivity index (χ3n) is 4.07. The molecule has 0 saturated heterocycles. The number of hydrogen-bond donors (Lipinski definition) is 1. The van der Waals surface area contributed by atoms with Gasteiger partial charge in [0.1, 0.15) is 6.61 Å². The minimum Gasteiger partial charge on any atom is -0.457 e. The molecule has 0 atom stereocenters. The molecule has 0 aliphatic heterocycles. The summed E-state index contributed by atoms with van der Waals surface area (Å²) in [6.07, 6.45) is 0. The fourth-order valence-corrected chi connectivity index (χ4v) is 2.93. The van der Waals surface area contributed by atoms with Crippen LogP contribution >= 0.6 is 23.2 Å². The molecule has 0 saturated carbocycles. The number of anilines is 1. The molecule has 0 aliphatic carbocycles. The van der Waals surface area contributed by atoms with E-state index < -0.39 is 5.97 Å². The van der Waals surface area contributed by atoms with E-state index in [1.807, 2.05) is 19.1 Å². The summed E-state index contributed by atoms with van der Waals surface area (Å²) in [5.74, 6) is -0.699. The summed E-state index contributed by atoms with van der Waals surface area (Å²) in [5.41, 5.74) is 3.27. The molecule has 3 rings (SSSR count). The molecule has 1 N–H and O–H groups in total.